The van der Waals surface area contributed by atoms with Gasteiger partial charge in [0.1, 0.15) is 5.82 Å². The highest BCUT2D eigenvalue weighted by Crippen LogP contribution is 2.26. The molecule has 0 radical (unpaired) electrons. The van der Waals surface area contributed by atoms with E-state index in [1.165, 1.54) is 16.8 Å². The summed E-state index contributed by atoms with van der Waals surface area (Å²) in [5, 5.41) is 2.81. The minimum atomic E-state index is -3.76. The monoisotopic (exact) mass is 402 g/mol. The van der Waals surface area contributed by atoms with Gasteiger partial charge in [-0.1, -0.05) is 30.9 Å². The fourth-order valence-electron chi connectivity index (χ4n) is 3.75. The molecule has 1 amide bonds. The molecule has 1 aliphatic carbocycles. The first kappa shape index (κ1) is 19.6. The van der Waals surface area contributed by atoms with E-state index in [-0.39, 0.29) is 34.3 Å². The predicted octanol–water partition coefficient (Wildman–Crippen LogP) is 3.33. The summed E-state index contributed by atoms with van der Waals surface area (Å²) >= 11 is 5.73. The second-order valence-corrected chi connectivity index (χ2v) is 9.47. The van der Waals surface area contributed by atoms with Crippen molar-refractivity contribution in [3.05, 3.63) is 29.0 Å². The number of carbonyl (C=O) groups is 1. The lowest BCUT2D eigenvalue weighted by Gasteiger charge is -2.33. The Kier molecular flexibility index (Phi) is 6.20. The predicted molar refractivity (Wildman–Crippen MR) is 97.9 cm³/mol. The molecule has 144 valence electrons. The summed E-state index contributed by atoms with van der Waals surface area (Å²) in [6.07, 6.45) is 6.59. The van der Waals surface area contributed by atoms with Crippen LogP contribution in [-0.2, 0) is 14.8 Å². The molecule has 0 spiro atoms. The van der Waals surface area contributed by atoms with Crippen LogP contribution in [0.15, 0.2) is 23.1 Å². The molecule has 0 aromatic heterocycles. The molecule has 1 aliphatic heterocycles. The van der Waals surface area contributed by atoms with Crippen molar-refractivity contribution >= 4 is 27.5 Å². The average molecular weight is 403 g/mol. The van der Waals surface area contributed by atoms with Crippen molar-refractivity contribution < 1.29 is 17.6 Å². The van der Waals surface area contributed by atoms with Gasteiger partial charge in [-0.2, -0.15) is 4.31 Å². The number of rotatable bonds is 4. The molecule has 0 bridgehead atoms. The van der Waals surface area contributed by atoms with Crippen LogP contribution in [0.1, 0.15) is 44.9 Å². The van der Waals surface area contributed by atoms with Crippen molar-refractivity contribution in [2.75, 3.05) is 13.1 Å². The Morgan fingerprint density at radius 2 is 1.88 bits per heavy atom. The average Bonchev–Trinajstić information content (AvgIpc) is 2.65. The summed E-state index contributed by atoms with van der Waals surface area (Å²) in [4.78, 5) is 12.4. The lowest BCUT2D eigenvalue weighted by molar-refractivity contribution is -0.126. The topological polar surface area (TPSA) is 66.5 Å². The molecule has 1 aromatic rings. The van der Waals surface area contributed by atoms with E-state index >= 15 is 0 Å². The zero-order valence-electron chi connectivity index (χ0n) is 14.6. The molecule has 2 fully saturated rings. The number of hydrogen-bond acceptors (Lipinski definition) is 3. The molecule has 1 aromatic carbocycles. The van der Waals surface area contributed by atoms with Crippen LogP contribution in [0.25, 0.3) is 0 Å². The summed E-state index contributed by atoms with van der Waals surface area (Å²) in [6.45, 7) is 0.614. The standard InChI is InChI=1S/C18H24ClFN2O3S/c19-16-11-15(8-9-17(16)20)26(24,25)22-10-4-7-14(12-22)21-18(23)13-5-2-1-3-6-13/h8-9,11,13-14H,1-7,10,12H2,(H,21,23)/t14-/m1/s1. The molecule has 1 atom stereocenters. The van der Waals surface area contributed by atoms with E-state index in [4.69, 9.17) is 11.6 Å². The van der Waals surface area contributed by atoms with E-state index in [1.54, 1.807) is 0 Å². The molecule has 26 heavy (non-hydrogen) atoms. The summed E-state index contributed by atoms with van der Waals surface area (Å²) in [7, 11) is -3.76. The molecular weight excluding hydrogens is 379 g/mol. The molecule has 1 saturated carbocycles. The number of piperidine rings is 1. The quantitative estimate of drug-likeness (QED) is 0.840. The summed E-state index contributed by atoms with van der Waals surface area (Å²) in [6, 6.07) is 3.22. The highest BCUT2D eigenvalue weighted by atomic mass is 35.5. The van der Waals surface area contributed by atoms with E-state index < -0.39 is 15.8 Å². The lowest BCUT2D eigenvalue weighted by atomic mass is 9.88. The molecule has 1 heterocycles. The van der Waals surface area contributed by atoms with Gasteiger partial charge in [0.05, 0.1) is 9.92 Å². The van der Waals surface area contributed by atoms with Crippen molar-refractivity contribution in [2.45, 2.75) is 55.9 Å². The van der Waals surface area contributed by atoms with Gasteiger partial charge in [0, 0.05) is 25.0 Å². The number of halogens is 2. The molecule has 2 aliphatic rings. The van der Waals surface area contributed by atoms with Crippen LogP contribution in [0.5, 0.6) is 0 Å². The Bertz CT molecular complexity index is 766. The van der Waals surface area contributed by atoms with E-state index in [2.05, 4.69) is 5.32 Å². The first-order valence-corrected chi connectivity index (χ1v) is 11.0. The number of benzene rings is 1. The summed E-state index contributed by atoms with van der Waals surface area (Å²) in [5.41, 5.74) is 0. The van der Waals surface area contributed by atoms with E-state index in [1.807, 2.05) is 0 Å². The number of nitrogens with one attached hydrogen (secondary N) is 1. The van der Waals surface area contributed by atoms with E-state index in [0.717, 1.165) is 44.2 Å². The van der Waals surface area contributed by atoms with Gasteiger partial charge in [0.2, 0.25) is 15.9 Å². The Labute approximate surface area is 158 Å². The molecule has 3 rings (SSSR count). The molecule has 5 nitrogen and oxygen atoms in total. The van der Waals surface area contributed by atoms with Gasteiger partial charge in [-0.3, -0.25) is 4.79 Å². The number of carbonyl (C=O) groups excluding carboxylic acids is 1. The molecular formula is C18H24ClFN2O3S. The number of hydrogen-bond donors (Lipinski definition) is 1. The molecule has 8 heteroatoms. The SMILES string of the molecule is O=C(N[C@@H]1CCCN(S(=O)(=O)c2ccc(F)c(Cl)c2)C1)C1CCCCC1. The maximum absolute atomic E-state index is 13.3. The molecule has 0 unspecified atom stereocenters. The third-order valence-electron chi connectivity index (χ3n) is 5.24. The zero-order valence-corrected chi connectivity index (χ0v) is 16.2. The fraction of sp³-hybridized carbons (Fsp3) is 0.611. The smallest absolute Gasteiger partial charge is 0.243 e. The van der Waals surface area contributed by atoms with Crippen molar-refractivity contribution in [3.8, 4) is 0 Å². The Hall–Kier alpha value is -1.18. The molecule has 1 N–H and O–H groups in total. The van der Waals surface area contributed by atoms with Gasteiger partial charge in [0.25, 0.3) is 0 Å². The van der Waals surface area contributed by atoms with Crippen LogP contribution in [0.2, 0.25) is 5.02 Å². The lowest BCUT2D eigenvalue weighted by Crippen LogP contribution is -2.50. The van der Waals surface area contributed by atoms with Crippen molar-refractivity contribution in [1.82, 2.24) is 9.62 Å². The van der Waals surface area contributed by atoms with Gasteiger partial charge < -0.3 is 5.32 Å². The van der Waals surface area contributed by atoms with Crippen molar-refractivity contribution in [1.29, 1.82) is 0 Å². The third-order valence-corrected chi connectivity index (χ3v) is 7.39. The number of sulfonamides is 1. The summed E-state index contributed by atoms with van der Waals surface area (Å²) < 4.78 is 40.3. The second-order valence-electron chi connectivity index (χ2n) is 7.12. The van der Waals surface area contributed by atoms with E-state index in [9.17, 15) is 17.6 Å². The van der Waals surface area contributed by atoms with Crippen molar-refractivity contribution in [3.63, 3.8) is 0 Å². The normalized spacial score (nSPS) is 22.9. The van der Waals surface area contributed by atoms with Crippen LogP contribution in [0, 0.1) is 11.7 Å². The number of nitrogens with zero attached hydrogens (tertiary/aromatic N) is 1. The minimum absolute atomic E-state index is 0.0249. The fourth-order valence-corrected chi connectivity index (χ4v) is 5.54. The highest BCUT2D eigenvalue weighted by Gasteiger charge is 2.32. The Morgan fingerprint density at radius 3 is 2.58 bits per heavy atom. The third kappa shape index (κ3) is 4.38. The summed E-state index contributed by atoms with van der Waals surface area (Å²) in [5.74, 6) is -0.563. The van der Waals surface area contributed by atoms with Gasteiger partial charge in [-0.25, -0.2) is 12.8 Å². The minimum Gasteiger partial charge on any atom is -0.352 e. The maximum atomic E-state index is 13.3. The van der Waals surface area contributed by atoms with Gasteiger partial charge in [-0.15, -0.1) is 0 Å². The second kappa shape index (κ2) is 8.23. The van der Waals surface area contributed by atoms with Crippen LogP contribution in [0.3, 0.4) is 0 Å². The molecule has 1 saturated heterocycles. The Balaban J connectivity index is 1.67. The van der Waals surface area contributed by atoms with Crippen LogP contribution >= 0.6 is 11.6 Å². The zero-order chi connectivity index (χ0) is 18.7. The van der Waals surface area contributed by atoms with Crippen LogP contribution < -0.4 is 5.32 Å². The van der Waals surface area contributed by atoms with Gasteiger partial charge in [0.15, 0.2) is 0 Å². The first-order chi connectivity index (χ1) is 12.4. The van der Waals surface area contributed by atoms with Gasteiger partial charge >= 0.3 is 0 Å². The van der Waals surface area contributed by atoms with Crippen LogP contribution in [0.4, 0.5) is 4.39 Å². The first-order valence-electron chi connectivity index (χ1n) is 9.13. The van der Waals surface area contributed by atoms with Gasteiger partial charge in [-0.05, 0) is 43.9 Å². The van der Waals surface area contributed by atoms with Crippen LogP contribution in [-0.4, -0.2) is 37.8 Å². The van der Waals surface area contributed by atoms with Crippen molar-refractivity contribution in [2.24, 2.45) is 5.92 Å². The maximum Gasteiger partial charge on any atom is 0.243 e. The van der Waals surface area contributed by atoms with E-state index in [0.29, 0.717) is 13.0 Å². The highest BCUT2D eigenvalue weighted by molar-refractivity contribution is 7.89. The largest absolute Gasteiger partial charge is 0.352 e. The number of amides is 1. The Morgan fingerprint density at radius 1 is 1.15 bits per heavy atom.